The molecule has 1 aromatic carbocycles. The van der Waals surface area contributed by atoms with E-state index in [0.717, 1.165) is 23.3 Å². The molecule has 0 aliphatic rings. The van der Waals surface area contributed by atoms with Gasteiger partial charge in [0.05, 0.1) is 10.9 Å². The Balaban J connectivity index is 1.76. The molecule has 0 bridgehead atoms. The van der Waals surface area contributed by atoms with Gasteiger partial charge >= 0.3 is 5.76 Å². The van der Waals surface area contributed by atoms with Crippen molar-refractivity contribution < 1.29 is 9.32 Å². The SMILES string of the molecule is CCC[C@@H](NC(=O)Cn1c(-c2cccs2)noc1=O)c1ccccc1. The molecule has 0 spiro atoms. The van der Waals surface area contributed by atoms with Crippen LogP contribution in [0.15, 0.2) is 57.2 Å². The number of hydrogen-bond donors (Lipinski definition) is 1. The summed E-state index contributed by atoms with van der Waals surface area (Å²) in [6.07, 6.45) is 1.76. The lowest BCUT2D eigenvalue weighted by Crippen LogP contribution is -2.34. The Bertz CT molecular complexity index is 869. The van der Waals surface area contributed by atoms with Crippen molar-refractivity contribution in [3.05, 3.63) is 64.0 Å². The van der Waals surface area contributed by atoms with Crippen molar-refractivity contribution in [3.8, 4) is 10.7 Å². The fourth-order valence-corrected chi connectivity index (χ4v) is 3.38. The molecule has 2 heterocycles. The molecule has 1 N–H and O–H groups in total. The zero-order valence-electron chi connectivity index (χ0n) is 13.8. The van der Waals surface area contributed by atoms with E-state index < -0.39 is 5.76 Å². The highest BCUT2D eigenvalue weighted by atomic mass is 32.1. The maximum absolute atomic E-state index is 12.5. The number of carbonyl (C=O) groups excluding carboxylic acids is 1. The molecule has 3 aromatic rings. The molecule has 0 unspecified atom stereocenters. The number of nitrogens with zero attached hydrogens (tertiary/aromatic N) is 2. The average Bonchev–Trinajstić information content (AvgIpc) is 3.26. The van der Waals surface area contributed by atoms with E-state index in [1.54, 1.807) is 0 Å². The monoisotopic (exact) mass is 357 g/mol. The van der Waals surface area contributed by atoms with E-state index in [4.69, 9.17) is 4.52 Å². The lowest BCUT2D eigenvalue weighted by molar-refractivity contribution is -0.122. The van der Waals surface area contributed by atoms with E-state index in [1.165, 1.54) is 15.9 Å². The van der Waals surface area contributed by atoms with Crippen LogP contribution in [0.2, 0.25) is 0 Å². The highest BCUT2D eigenvalue weighted by Gasteiger charge is 2.19. The zero-order valence-corrected chi connectivity index (χ0v) is 14.7. The summed E-state index contributed by atoms with van der Waals surface area (Å²) in [4.78, 5) is 25.2. The van der Waals surface area contributed by atoms with E-state index in [-0.39, 0.29) is 18.5 Å². The van der Waals surface area contributed by atoms with E-state index >= 15 is 0 Å². The van der Waals surface area contributed by atoms with E-state index in [2.05, 4.69) is 17.4 Å². The van der Waals surface area contributed by atoms with Crippen LogP contribution in [0.3, 0.4) is 0 Å². The molecule has 0 aliphatic carbocycles. The van der Waals surface area contributed by atoms with E-state index in [1.807, 2.05) is 47.8 Å². The van der Waals surface area contributed by atoms with E-state index in [9.17, 15) is 9.59 Å². The Labute approximate surface area is 149 Å². The number of thiophene rings is 1. The van der Waals surface area contributed by atoms with Gasteiger partial charge in [0.15, 0.2) is 5.82 Å². The van der Waals surface area contributed by atoms with E-state index in [0.29, 0.717) is 5.82 Å². The fourth-order valence-electron chi connectivity index (χ4n) is 2.67. The van der Waals surface area contributed by atoms with Gasteiger partial charge in [-0.05, 0) is 23.4 Å². The first-order valence-corrected chi connectivity index (χ1v) is 9.01. The zero-order chi connectivity index (χ0) is 17.6. The summed E-state index contributed by atoms with van der Waals surface area (Å²) in [5.41, 5.74) is 1.05. The first-order chi connectivity index (χ1) is 12.2. The maximum atomic E-state index is 12.5. The van der Waals surface area contributed by atoms with Gasteiger partial charge in [-0.3, -0.25) is 9.32 Å². The Kier molecular flexibility index (Phi) is 5.45. The van der Waals surface area contributed by atoms with Crippen LogP contribution in [0.25, 0.3) is 10.7 Å². The molecular weight excluding hydrogens is 338 g/mol. The quantitative estimate of drug-likeness (QED) is 0.704. The lowest BCUT2D eigenvalue weighted by atomic mass is 10.0. The second-order valence-corrected chi connectivity index (χ2v) is 6.60. The van der Waals surface area contributed by atoms with Gasteiger partial charge in [0.25, 0.3) is 0 Å². The number of nitrogens with one attached hydrogen (secondary N) is 1. The summed E-state index contributed by atoms with van der Waals surface area (Å²) in [6.45, 7) is 1.95. The fraction of sp³-hybridized carbons (Fsp3) is 0.278. The molecule has 130 valence electrons. The van der Waals surface area contributed by atoms with Crippen LogP contribution in [-0.2, 0) is 11.3 Å². The number of carbonyl (C=O) groups is 1. The molecular formula is C18H19N3O3S. The molecule has 7 heteroatoms. The maximum Gasteiger partial charge on any atom is 0.442 e. The summed E-state index contributed by atoms with van der Waals surface area (Å²) >= 11 is 1.44. The summed E-state index contributed by atoms with van der Waals surface area (Å²) in [6, 6.07) is 13.4. The number of rotatable bonds is 7. The standard InChI is InChI=1S/C18H19N3O3S/c1-2-7-14(13-8-4-3-5-9-13)19-16(22)12-21-17(20-24-18(21)23)15-10-6-11-25-15/h3-6,8-11,14H,2,7,12H2,1H3,(H,19,22)/t14-/m1/s1. The van der Waals surface area contributed by atoms with Crippen molar-refractivity contribution in [2.75, 3.05) is 0 Å². The van der Waals surface area contributed by atoms with Crippen molar-refractivity contribution in [1.82, 2.24) is 15.0 Å². The molecule has 2 aromatic heterocycles. The van der Waals surface area contributed by atoms with Gasteiger partial charge in [-0.2, -0.15) is 0 Å². The van der Waals surface area contributed by atoms with Crippen LogP contribution in [-0.4, -0.2) is 15.6 Å². The van der Waals surface area contributed by atoms with Crippen LogP contribution in [0.4, 0.5) is 0 Å². The van der Waals surface area contributed by atoms with Crippen molar-refractivity contribution >= 4 is 17.2 Å². The second kappa shape index (κ2) is 7.94. The molecule has 25 heavy (non-hydrogen) atoms. The summed E-state index contributed by atoms with van der Waals surface area (Å²) in [5, 5.41) is 8.68. The molecule has 0 fully saturated rings. The molecule has 6 nitrogen and oxygen atoms in total. The highest BCUT2D eigenvalue weighted by molar-refractivity contribution is 7.13. The first-order valence-electron chi connectivity index (χ1n) is 8.13. The normalized spacial score (nSPS) is 12.0. The molecule has 0 saturated heterocycles. The molecule has 1 atom stereocenters. The Hall–Kier alpha value is -2.67. The summed E-state index contributed by atoms with van der Waals surface area (Å²) in [5.74, 6) is -0.502. The minimum atomic E-state index is -0.634. The summed E-state index contributed by atoms with van der Waals surface area (Å²) < 4.78 is 6.00. The van der Waals surface area contributed by atoms with Gasteiger partial charge in [-0.1, -0.05) is 54.9 Å². The van der Waals surface area contributed by atoms with Gasteiger partial charge in [0.1, 0.15) is 6.54 Å². The number of hydrogen-bond acceptors (Lipinski definition) is 5. The van der Waals surface area contributed by atoms with Crippen molar-refractivity contribution in [3.63, 3.8) is 0 Å². The van der Waals surface area contributed by atoms with Gasteiger partial charge in [-0.15, -0.1) is 11.3 Å². The smallest absolute Gasteiger partial charge is 0.348 e. The average molecular weight is 357 g/mol. The second-order valence-electron chi connectivity index (χ2n) is 5.65. The topological polar surface area (TPSA) is 77.1 Å². The van der Waals surface area contributed by atoms with Crippen LogP contribution >= 0.6 is 11.3 Å². The van der Waals surface area contributed by atoms with Gasteiger partial charge in [0, 0.05) is 0 Å². The predicted octanol–water partition coefficient (Wildman–Crippen LogP) is 3.22. The molecule has 3 rings (SSSR count). The third kappa shape index (κ3) is 4.06. The molecule has 0 aliphatic heterocycles. The predicted molar refractivity (Wildman–Crippen MR) is 96.3 cm³/mol. The summed E-state index contributed by atoms with van der Waals surface area (Å²) in [7, 11) is 0. The minimum absolute atomic E-state index is 0.0838. The molecule has 0 saturated carbocycles. The van der Waals surface area contributed by atoms with Crippen molar-refractivity contribution in [1.29, 1.82) is 0 Å². The lowest BCUT2D eigenvalue weighted by Gasteiger charge is -2.18. The van der Waals surface area contributed by atoms with Crippen molar-refractivity contribution in [2.45, 2.75) is 32.4 Å². The van der Waals surface area contributed by atoms with Crippen LogP contribution < -0.4 is 11.1 Å². The third-order valence-corrected chi connectivity index (χ3v) is 4.71. The van der Waals surface area contributed by atoms with Gasteiger partial charge < -0.3 is 5.32 Å². The number of aromatic nitrogens is 2. The van der Waals surface area contributed by atoms with Crippen LogP contribution in [0.1, 0.15) is 31.4 Å². The third-order valence-electron chi connectivity index (χ3n) is 3.84. The molecule has 1 amide bonds. The minimum Gasteiger partial charge on any atom is -0.348 e. The molecule has 0 radical (unpaired) electrons. The Morgan fingerprint density at radius 3 is 2.76 bits per heavy atom. The number of benzene rings is 1. The largest absolute Gasteiger partial charge is 0.442 e. The first kappa shape index (κ1) is 17.2. The van der Waals surface area contributed by atoms with Gasteiger partial charge in [-0.25, -0.2) is 9.36 Å². The van der Waals surface area contributed by atoms with Crippen LogP contribution in [0, 0.1) is 0 Å². The highest BCUT2D eigenvalue weighted by Crippen LogP contribution is 2.22. The number of amides is 1. The van der Waals surface area contributed by atoms with Crippen LogP contribution in [0.5, 0.6) is 0 Å². The Morgan fingerprint density at radius 1 is 1.28 bits per heavy atom. The van der Waals surface area contributed by atoms with Crippen molar-refractivity contribution in [2.24, 2.45) is 0 Å². The van der Waals surface area contributed by atoms with Gasteiger partial charge in [0.2, 0.25) is 5.91 Å². The Morgan fingerprint density at radius 2 is 2.08 bits per heavy atom.